The summed E-state index contributed by atoms with van der Waals surface area (Å²) in [7, 11) is -2.27. The number of hydrogen-bond acceptors (Lipinski definition) is 6. The molecular formula is C24H25N3O6S. The van der Waals surface area contributed by atoms with Crippen molar-refractivity contribution in [3.05, 3.63) is 72.0 Å². The fourth-order valence-electron chi connectivity index (χ4n) is 3.69. The van der Waals surface area contributed by atoms with E-state index in [9.17, 15) is 18.0 Å². The maximum Gasteiger partial charge on any atom is 0.291 e. The average Bonchev–Trinajstić information content (AvgIpc) is 3.36. The van der Waals surface area contributed by atoms with Crippen molar-refractivity contribution >= 4 is 33.2 Å². The first-order valence-electron chi connectivity index (χ1n) is 10.8. The third-order valence-corrected chi connectivity index (χ3v) is 7.23. The maximum atomic E-state index is 12.9. The minimum atomic E-state index is -3.80. The van der Waals surface area contributed by atoms with Crippen LogP contribution in [0.1, 0.15) is 40.2 Å². The predicted octanol–water partition coefficient (Wildman–Crippen LogP) is 3.97. The summed E-state index contributed by atoms with van der Waals surface area (Å²) in [4.78, 5) is 25.6. The second-order valence-electron chi connectivity index (χ2n) is 7.77. The van der Waals surface area contributed by atoms with Crippen LogP contribution in [0, 0.1) is 0 Å². The Morgan fingerprint density at radius 2 is 1.68 bits per heavy atom. The van der Waals surface area contributed by atoms with Crippen LogP contribution in [0.2, 0.25) is 0 Å². The molecule has 10 heteroatoms. The Bertz CT molecular complexity index is 1300. The zero-order valence-electron chi connectivity index (χ0n) is 18.6. The van der Waals surface area contributed by atoms with Crippen LogP contribution in [0.5, 0.6) is 5.75 Å². The average molecular weight is 484 g/mol. The van der Waals surface area contributed by atoms with Gasteiger partial charge in [-0.1, -0.05) is 24.6 Å². The van der Waals surface area contributed by atoms with Crippen LogP contribution >= 0.6 is 0 Å². The first-order chi connectivity index (χ1) is 16.4. The van der Waals surface area contributed by atoms with Crippen LogP contribution in [0.25, 0.3) is 0 Å². The molecule has 2 heterocycles. The van der Waals surface area contributed by atoms with Gasteiger partial charge in [0.25, 0.3) is 21.8 Å². The molecule has 4 rings (SSSR count). The highest BCUT2D eigenvalue weighted by Crippen LogP contribution is 2.24. The van der Waals surface area contributed by atoms with E-state index in [1.165, 1.54) is 23.5 Å². The molecule has 1 fully saturated rings. The number of methoxy groups -OCH3 is 1. The number of benzene rings is 2. The van der Waals surface area contributed by atoms with Gasteiger partial charge >= 0.3 is 0 Å². The van der Waals surface area contributed by atoms with Gasteiger partial charge in [0.2, 0.25) is 5.09 Å². The third kappa shape index (κ3) is 5.13. The molecule has 0 atom stereocenters. The zero-order chi connectivity index (χ0) is 24.1. The summed E-state index contributed by atoms with van der Waals surface area (Å²) in [6.07, 6.45) is 2.58. The maximum absolute atomic E-state index is 12.9. The van der Waals surface area contributed by atoms with Gasteiger partial charge in [-0.15, -0.1) is 0 Å². The van der Waals surface area contributed by atoms with Crippen molar-refractivity contribution in [3.63, 3.8) is 0 Å². The molecule has 0 bridgehead atoms. The Morgan fingerprint density at radius 3 is 2.44 bits per heavy atom. The fraction of sp³-hybridized carbons (Fsp3) is 0.250. The van der Waals surface area contributed by atoms with E-state index in [4.69, 9.17) is 9.15 Å². The van der Waals surface area contributed by atoms with Crippen molar-refractivity contribution in [3.8, 4) is 5.75 Å². The molecule has 2 aromatic carbocycles. The van der Waals surface area contributed by atoms with Crippen LogP contribution in [-0.2, 0) is 10.0 Å². The lowest BCUT2D eigenvalue weighted by atomic mass is 10.1. The second-order valence-corrected chi connectivity index (χ2v) is 9.64. The summed E-state index contributed by atoms with van der Waals surface area (Å²) >= 11 is 0. The van der Waals surface area contributed by atoms with Gasteiger partial charge in [-0.2, -0.15) is 4.31 Å². The van der Waals surface area contributed by atoms with E-state index in [0.717, 1.165) is 19.3 Å². The monoisotopic (exact) mass is 483 g/mol. The summed E-state index contributed by atoms with van der Waals surface area (Å²) in [5, 5.41) is 5.13. The number of carbonyl (C=O) groups excluding carboxylic acids is 2. The minimum absolute atomic E-state index is 0.168. The molecule has 0 radical (unpaired) electrons. The number of amides is 2. The lowest BCUT2D eigenvalue weighted by Gasteiger charge is -2.24. The Labute approximate surface area is 197 Å². The molecule has 178 valence electrons. The van der Waals surface area contributed by atoms with Crippen molar-refractivity contribution in [1.82, 2.24) is 4.31 Å². The van der Waals surface area contributed by atoms with Crippen molar-refractivity contribution in [2.45, 2.75) is 24.4 Å². The van der Waals surface area contributed by atoms with Crippen molar-refractivity contribution < 1.29 is 27.2 Å². The van der Waals surface area contributed by atoms with Crippen molar-refractivity contribution in [2.75, 3.05) is 30.8 Å². The van der Waals surface area contributed by atoms with Crippen LogP contribution in [0.15, 0.2) is 70.2 Å². The molecule has 1 saturated heterocycles. The van der Waals surface area contributed by atoms with E-state index in [2.05, 4.69) is 10.6 Å². The van der Waals surface area contributed by atoms with Gasteiger partial charge in [0.05, 0.1) is 18.4 Å². The number of hydrogen-bond donors (Lipinski definition) is 2. The zero-order valence-corrected chi connectivity index (χ0v) is 19.4. The lowest BCUT2D eigenvalue weighted by Crippen LogP contribution is -2.35. The van der Waals surface area contributed by atoms with E-state index in [0.29, 0.717) is 24.5 Å². The number of anilines is 2. The van der Waals surface area contributed by atoms with Crippen LogP contribution in [0.3, 0.4) is 0 Å². The number of nitrogens with one attached hydrogen (secondary N) is 2. The lowest BCUT2D eigenvalue weighted by molar-refractivity contribution is 0.0991. The molecule has 3 aromatic rings. The molecule has 34 heavy (non-hydrogen) atoms. The Kier molecular flexibility index (Phi) is 6.99. The van der Waals surface area contributed by atoms with Gasteiger partial charge in [0.1, 0.15) is 5.75 Å². The van der Waals surface area contributed by atoms with Gasteiger partial charge in [-0.05, 0) is 49.2 Å². The Hall–Kier alpha value is -3.63. The SMILES string of the molecule is COc1cccc(NC(=O)c2ccccc2NC(=O)c2ccc(S(=O)(=O)N3CCCCC3)o2)c1. The van der Waals surface area contributed by atoms with Gasteiger partial charge in [0.15, 0.2) is 5.76 Å². The summed E-state index contributed by atoms with van der Waals surface area (Å²) in [6.45, 7) is 0.862. The van der Waals surface area contributed by atoms with Crippen molar-refractivity contribution in [1.29, 1.82) is 0 Å². The van der Waals surface area contributed by atoms with Crippen LogP contribution in [-0.4, -0.2) is 44.7 Å². The standard InChI is InChI=1S/C24H25N3O6S/c1-32-18-9-7-8-17(16-18)25-23(28)19-10-3-4-11-20(19)26-24(29)21-12-13-22(33-21)34(30,31)27-14-5-2-6-15-27/h3-4,7-13,16H,2,5-6,14-15H2,1H3,(H,25,28)(H,26,29). The van der Waals surface area contributed by atoms with Crippen molar-refractivity contribution in [2.24, 2.45) is 0 Å². The Morgan fingerprint density at radius 1 is 0.912 bits per heavy atom. The van der Waals surface area contributed by atoms with Crippen LogP contribution < -0.4 is 15.4 Å². The molecule has 0 aliphatic carbocycles. The second kappa shape index (κ2) is 10.1. The molecule has 1 aliphatic rings. The highest BCUT2D eigenvalue weighted by molar-refractivity contribution is 7.89. The largest absolute Gasteiger partial charge is 0.497 e. The molecule has 0 spiro atoms. The first kappa shape index (κ1) is 23.5. The van der Waals surface area contributed by atoms with E-state index < -0.39 is 21.8 Å². The normalized spacial score (nSPS) is 14.4. The smallest absolute Gasteiger partial charge is 0.291 e. The number of sulfonamides is 1. The topological polar surface area (TPSA) is 118 Å². The number of furan rings is 1. The molecule has 0 saturated carbocycles. The number of nitrogens with zero attached hydrogens (tertiary/aromatic N) is 1. The quantitative estimate of drug-likeness (QED) is 0.525. The molecule has 9 nitrogen and oxygen atoms in total. The Balaban J connectivity index is 1.49. The highest BCUT2D eigenvalue weighted by atomic mass is 32.2. The number of piperidine rings is 1. The van der Waals surface area contributed by atoms with E-state index in [-0.39, 0.29) is 22.1 Å². The van der Waals surface area contributed by atoms with E-state index >= 15 is 0 Å². The number of para-hydroxylation sites is 1. The number of rotatable bonds is 7. The summed E-state index contributed by atoms with van der Waals surface area (Å²) in [5.41, 5.74) is 1.01. The van der Waals surface area contributed by atoms with Gasteiger partial charge in [-0.25, -0.2) is 8.42 Å². The van der Waals surface area contributed by atoms with E-state index in [1.54, 1.807) is 48.5 Å². The van der Waals surface area contributed by atoms with Gasteiger partial charge in [0, 0.05) is 24.8 Å². The van der Waals surface area contributed by atoms with Gasteiger partial charge in [-0.3, -0.25) is 9.59 Å². The summed E-state index contributed by atoms with van der Waals surface area (Å²) < 4.78 is 37.5. The number of carbonyl (C=O) groups is 2. The fourth-order valence-corrected chi connectivity index (χ4v) is 5.12. The molecular weight excluding hydrogens is 458 g/mol. The molecule has 1 aliphatic heterocycles. The molecule has 2 N–H and O–H groups in total. The minimum Gasteiger partial charge on any atom is -0.497 e. The predicted molar refractivity (Wildman–Crippen MR) is 127 cm³/mol. The van der Waals surface area contributed by atoms with Gasteiger partial charge < -0.3 is 19.8 Å². The molecule has 1 aromatic heterocycles. The summed E-state index contributed by atoms with van der Waals surface area (Å²) in [6, 6.07) is 16.0. The van der Waals surface area contributed by atoms with E-state index in [1.807, 2.05) is 0 Å². The number of ether oxygens (including phenoxy) is 1. The molecule has 2 amide bonds. The highest BCUT2D eigenvalue weighted by Gasteiger charge is 2.29. The first-order valence-corrected chi connectivity index (χ1v) is 12.3. The third-order valence-electron chi connectivity index (χ3n) is 5.46. The van der Waals surface area contributed by atoms with Crippen LogP contribution in [0.4, 0.5) is 11.4 Å². The molecule has 0 unspecified atom stereocenters. The summed E-state index contributed by atoms with van der Waals surface area (Å²) in [5.74, 6) is -0.676.